The first-order valence-electron chi connectivity index (χ1n) is 7.10. The van der Waals surface area contributed by atoms with E-state index in [4.69, 9.17) is 11.6 Å². The number of rotatable bonds is 2. The van der Waals surface area contributed by atoms with Crippen LogP contribution >= 0.6 is 27.5 Å². The van der Waals surface area contributed by atoms with E-state index in [1.54, 1.807) is 0 Å². The quantitative estimate of drug-likeness (QED) is 0.642. The van der Waals surface area contributed by atoms with Crippen LogP contribution in [-0.4, -0.2) is 16.9 Å². The van der Waals surface area contributed by atoms with Crippen molar-refractivity contribution in [1.82, 2.24) is 0 Å². The summed E-state index contributed by atoms with van der Waals surface area (Å²) in [7, 11) is 0. The van der Waals surface area contributed by atoms with Crippen LogP contribution in [0.5, 0.6) is 0 Å². The monoisotopic (exact) mass is 375 g/mol. The second-order valence-electron chi connectivity index (χ2n) is 5.52. The third-order valence-corrected chi connectivity index (χ3v) is 4.57. The number of halogens is 2. The highest BCUT2D eigenvalue weighted by molar-refractivity contribution is 9.10. The van der Waals surface area contributed by atoms with Gasteiger partial charge in [0, 0.05) is 10.0 Å². The number of alkyl halides is 1. The van der Waals surface area contributed by atoms with E-state index in [0.717, 1.165) is 15.6 Å². The maximum atomic E-state index is 13.0. The third kappa shape index (κ3) is 2.75. The Bertz CT molecular complexity index is 765. The number of carbonyl (C=O) groups is 1. The second-order valence-corrected chi connectivity index (χ2v) is 7.09. The number of fused-ring (bicyclic) bond motifs is 1. The molecule has 0 aromatic heterocycles. The lowest BCUT2D eigenvalue weighted by Crippen LogP contribution is -2.30. The molecule has 3 rings (SSSR count). The van der Waals surface area contributed by atoms with E-state index in [0.29, 0.717) is 17.0 Å². The molecule has 1 heterocycles. The van der Waals surface area contributed by atoms with Crippen molar-refractivity contribution in [2.45, 2.75) is 25.1 Å². The zero-order valence-corrected chi connectivity index (χ0v) is 14.6. The van der Waals surface area contributed by atoms with E-state index in [-0.39, 0.29) is 11.2 Å². The summed E-state index contributed by atoms with van der Waals surface area (Å²) >= 11 is 9.72. The topological polar surface area (TPSA) is 29.4 Å². The van der Waals surface area contributed by atoms with Crippen LogP contribution in [0.3, 0.4) is 0 Å². The van der Waals surface area contributed by atoms with Gasteiger partial charge in [-0.2, -0.15) is 0 Å². The van der Waals surface area contributed by atoms with Crippen molar-refractivity contribution in [2.75, 3.05) is 0 Å². The summed E-state index contributed by atoms with van der Waals surface area (Å²) in [6, 6.07) is 13.6. The summed E-state index contributed by atoms with van der Waals surface area (Å²) in [5, 5.41) is -0.299. The van der Waals surface area contributed by atoms with E-state index < -0.39 is 5.92 Å². The van der Waals surface area contributed by atoms with Gasteiger partial charge in [0.2, 0.25) is 0 Å². The smallest absolute Gasteiger partial charge is 0.178 e. The van der Waals surface area contributed by atoms with Gasteiger partial charge in [-0.1, -0.05) is 45.8 Å². The Balaban J connectivity index is 2.17. The summed E-state index contributed by atoms with van der Waals surface area (Å²) in [4.78, 5) is 17.7. The van der Waals surface area contributed by atoms with E-state index in [1.807, 2.05) is 56.3 Å². The van der Waals surface area contributed by atoms with Gasteiger partial charge in [-0.3, -0.25) is 9.79 Å². The van der Waals surface area contributed by atoms with Gasteiger partial charge in [0.25, 0.3) is 0 Å². The maximum absolute atomic E-state index is 13.0. The minimum Gasteiger partial charge on any atom is -0.293 e. The average Bonchev–Trinajstić information content (AvgIpc) is 2.49. The van der Waals surface area contributed by atoms with Crippen molar-refractivity contribution < 1.29 is 4.79 Å². The Morgan fingerprint density at radius 3 is 2.50 bits per heavy atom. The van der Waals surface area contributed by atoms with Crippen LogP contribution in [0.25, 0.3) is 0 Å². The molecule has 1 aliphatic rings. The first-order valence-corrected chi connectivity index (χ1v) is 8.33. The van der Waals surface area contributed by atoms with Crippen molar-refractivity contribution in [2.24, 2.45) is 4.99 Å². The van der Waals surface area contributed by atoms with E-state index in [2.05, 4.69) is 20.9 Å². The van der Waals surface area contributed by atoms with Crippen LogP contribution < -0.4 is 0 Å². The predicted octanol–water partition coefficient (Wildman–Crippen LogP) is 5.44. The highest BCUT2D eigenvalue weighted by Crippen LogP contribution is 2.37. The SMILES string of the molecule is Cc1ccc(C2C(=O)c3cc(Br)ccc3N=C2C(C)Cl)cc1. The molecule has 0 amide bonds. The second kappa shape index (κ2) is 5.98. The fourth-order valence-corrected chi connectivity index (χ4v) is 3.23. The van der Waals surface area contributed by atoms with Crippen molar-refractivity contribution in [3.05, 3.63) is 63.6 Å². The number of aryl methyl sites for hydroxylation is 1. The summed E-state index contributed by atoms with van der Waals surface area (Å²) in [5.74, 6) is -0.354. The molecule has 2 nitrogen and oxygen atoms in total. The van der Waals surface area contributed by atoms with Crippen molar-refractivity contribution >= 4 is 44.7 Å². The van der Waals surface area contributed by atoms with Gasteiger partial charge in [-0.15, -0.1) is 11.6 Å². The summed E-state index contributed by atoms with van der Waals surface area (Å²) in [5.41, 5.74) is 4.14. The molecule has 1 aliphatic heterocycles. The molecule has 0 bridgehead atoms. The molecular formula is C18H15BrClNO. The molecule has 2 atom stereocenters. The lowest BCUT2D eigenvalue weighted by Gasteiger charge is -2.26. The van der Waals surface area contributed by atoms with Crippen LogP contribution in [0.1, 0.15) is 34.3 Å². The Morgan fingerprint density at radius 2 is 1.86 bits per heavy atom. The van der Waals surface area contributed by atoms with Crippen molar-refractivity contribution in [3.8, 4) is 0 Å². The van der Waals surface area contributed by atoms with Gasteiger partial charge in [-0.05, 0) is 37.6 Å². The molecule has 0 spiro atoms. The molecule has 0 fully saturated rings. The zero-order chi connectivity index (χ0) is 15.9. The first-order chi connectivity index (χ1) is 10.5. The molecule has 2 aromatic carbocycles. The molecule has 112 valence electrons. The number of ketones is 1. The number of benzene rings is 2. The number of carbonyl (C=O) groups excluding carboxylic acids is 1. The number of nitrogens with zero attached hydrogens (tertiary/aromatic N) is 1. The van der Waals surface area contributed by atoms with Gasteiger partial charge in [0.15, 0.2) is 5.78 Å². The van der Waals surface area contributed by atoms with E-state index >= 15 is 0 Å². The normalized spacial score (nSPS) is 18.6. The Hall–Kier alpha value is -1.45. The molecule has 2 unspecified atom stereocenters. The molecule has 0 radical (unpaired) electrons. The third-order valence-electron chi connectivity index (χ3n) is 3.85. The summed E-state index contributed by atoms with van der Waals surface area (Å²) in [6.07, 6.45) is 0. The van der Waals surface area contributed by atoms with Gasteiger partial charge < -0.3 is 0 Å². The van der Waals surface area contributed by atoms with Gasteiger partial charge in [0.1, 0.15) is 0 Å². The van der Waals surface area contributed by atoms with Crippen molar-refractivity contribution in [3.63, 3.8) is 0 Å². The molecule has 4 heteroatoms. The molecular weight excluding hydrogens is 362 g/mol. The van der Waals surface area contributed by atoms with Gasteiger partial charge in [0.05, 0.1) is 22.7 Å². The Labute approximate surface area is 143 Å². The molecule has 0 saturated heterocycles. The Kier molecular flexibility index (Phi) is 4.20. The van der Waals surface area contributed by atoms with Gasteiger partial charge >= 0.3 is 0 Å². The van der Waals surface area contributed by atoms with Gasteiger partial charge in [-0.25, -0.2) is 0 Å². The fraction of sp³-hybridized carbons (Fsp3) is 0.222. The van der Waals surface area contributed by atoms with Crippen LogP contribution in [0.15, 0.2) is 51.9 Å². The standard InChI is InChI=1S/C18H15BrClNO/c1-10-3-5-12(6-4-10)16-17(11(2)20)21-15-8-7-13(19)9-14(15)18(16)22/h3-9,11,16H,1-2H3. The van der Waals surface area contributed by atoms with Crippen molar-refractivity contribution in [1.29, 1.82) is 0 Å². The largest absolute Gasteiger partial charge is 0.293 e. The lowest BCUT2D eigenvalue weighted by atomic mass is 9.82. The molecule has 0 N–H and O–H groups in total. The molecule has 0 aliphatic carbocycles. The number of hydrogen-bond donors (Lipinski definition) is 0. The van der Waals surface area contributed by atoms with Crippen LogP contribution in [0.4, 0.5) is 5.69 Å². The van der Waals surface area contributed by atoms with Crippen LogP contribution in [0.2, 0.25) is 0 Å². The van der Waals surface area contributed by atoms with E-state index in [9.17, 15) is 4.79 Å². The number of Topliss-reactive ketones (excluding diaryl/α,β-unsaturated/α-hetero) is 1. The molecule has 22 heavy (non-hydrogen) atoms. The maximum Gasteiger partial charge on any atom is 0.178 e. The highest BCUT2D eigenvalue weighted by Gasteiger charge is 2.34. The highest BCUT2D eigenvalue weighted by atomic mass is 79.9. The average molecular weight is 377 g/mol. The van der Waals surface area contributed by atoms with Crippen LogP contribution in [-0.2, 0) is 0 Å². The first kappa shape index (κ1) is 15.4. The fourth-order valence-electron chi connectivity index (χ4n) is 2.70. The van der Waals surface area contributed by atoms with Crippen LogP contribution in [0, 0.1) is 6.92 Å². The minimum absolute atomic E-state index is 0.0534. The lowest BCUT2D eigenvalue weighted by molar-refractivity contribution is 0.0981. The predicted molar refractivity (Wildman–Crippen MR) is 94.8 cm³/mol. The minimum atomic E-state index is -0.408. The Morgan fingerprint density at radius 1 is 1.18 bits per heavy atom. The number of hydrogen-bond acceptors (Lipinski definition) is 2. The zero-order valence-electron chi connectivity index (χ0n) is 12.3. The summed E-state index contributed by atoms with van der Waals surface area (Å²) < 4.78 is 0.875. The summed E-state index contributed by atoms with van der Waals surface area (Å²) in [6.45, 7) is 3.89. The molecule has 2 aromatic rings. The number of aliphatic imine (C=N–C) groups is 1. The molecule has 0 saturated carbocycles. The van der Waals surface area contributed by atoms with E-state index in [1.165, 1.54) is 0 Å².